The Hall–Kier alpha value is -2.04. The first-order valence-electron chi connectivity index (χ1n) is 6.94. The quantitative estimate of drug-likeness (QED) is 0.699. The molecule has 1 aromatic carbocycles. The first-order chi connectivity index (χ1) is 9.49. The van der Waals surface area contributed by atoms with Crippen LogP contribution in [0, 0.1) is 0 Å². The third-order valence-corrected chi connectivity index (χ3v) is 3.74. The number of benzene rings is 1. The highest BCUT2D eigenvalue weighted by molar-refractivity contribution is 5.95. The van der Waals surface area contributed by atoms with E-state index in [4.69, 9.17) is 5.73 Å². The predicted octanol–water partition coefficient (Wildman–Crippen LogP) is 0.941. The number of carbonyl (C=O) groups is 2. The summed E-state index contributed by atoms with van der Waals surface area (Å²) < 4.78 is 0. The second-order valence-corrected chi connectivity index (χ2v) is 5.29. The van der Waals surface area contributed by atoms with Crippen LogP contribution in [0.2, 0.25) is 0 Å². The minimum atomic E-state index is -0.520. The monoisotopic (exact) mass is 275 g/mol. The lowest BCUT2D eigenvalue weighted by molar-refractivity contribution is -0.129. The summed E-state index contributed by atoms with van der Waals surface area (Å²) in [5, 5.41) is 5.50. The minimum Gasteiger partial charge on any atom is -0.399 e. The fourth-order valence-corrected chi connectivity index (χ4v) is 2.30. The molecular formula is C15H21N3O2. The molecule has 0 aliphatic heterocycles. The van der Waals surface area contributed by atoms with Gasteiger partial charge in [0.1, 0.15) is 6.04 Å². The van der Waals surface area contributed by atoms with Crippen molar-refractivity contribution in [1.82, 2.24) is 10.6 Å². The van der Waals surface area contributed by atoms with Crippen LogP contribution in [0.5, 0.6) is 0 Å². The molecule has 0 radical (unpaired) electrons. The van der Waals surface area contributed by atoms with Crippen LogP contribution in [0.25, 0.3) is 0 Å². The molecule has 1 aromatic rings. The van der Waals surface area contributed by atoms with Crippen LogP contribution in [0.1, 0.15) is 32.3 Å². The van der Waals surface area contributed by atoms with E-state index >= 15 is 0 Å². The van der Waals surface area contributed by atoms with Gasteiger partial charge in [0.25, 0.3) is 0 Å². The molecule has 0 saturated heterocycles. The summed E-state index contributed by atoms with van der Waals surface area (Å²) >= 11 is 0. The first-order valence-corrected chi connectivity index (χ1v) is 6.94. The van der Waals surface area contributed by atoms with E-state index in [1.165, 1.54) is 0 Å². The van der Waals surface area contributed by atoms with E-state index in [1.807, 2.05) is 19.1 Å². The average molecular weight is 275 g/mol. The number of hydrogen-bond donors (Lipinski definition) is 3. The van der Waals surface area contributed by atoms with Crippen molar-refractivity contribution in [2.45, 2.75) is 38.1 Å². The van der Waals surface area contributed by atoms with Crippen LogP contribution >= 0.6 is 0 Å². The van der Waals surface area contributed by atoms with E-state index in [1.54, 1.807) is 19.1 Å². The molecule has 5 nitrogen and oxygen atoms in total. The molecule has 1 atom stereocenters. The van der Waals surface area contributed by atoms with Crippen molar-refractivity contribution in [1.29, 1.82) is 0 Å². The van der Waals surface area contributed by atoms with Gasteiger partial charge < -0.3 is 16.4 Å². The third-order valence-electron chi connectivity index (χ3n) is 3.74. The van der Waals surface area contributed by atoms with Gasteiger partial charge in [0.05, 0.1) is 5.41 Å². The number of nitrogens with one attached hydrogen (secondary N) is 2. The number of nitrogen functional groups attached to an aromatic ring is 1. The Bertz CT molecular complexity index is 506. The van der Waals surface area contributed by atoms with E-state index in [2.05, 4.69) is 10.6 Å². The zero-order valence-corrected chi connectivity index (χ0v) is 11.9. The Morgan fingerprint density at radius 3 is 2.40 bits per heavy atom. The highest BCUT2D eigenvalue weighted by Crippen LogP contribution is 2.48. The highest BCUT2D eigenvalue weighted by Gasteiger charge is 2.51. The minimum absolute atomic E-state index is 0.0824. The fourth-order valence-electron chi connectivity index (χ4n) is 2.30. The van der Waals surface area contributed by atoms with Crippen LogP contribution in [0.15, 0.2) is 24.3 Å². The maximum Gasteiger partial charge on any atom is 0.242 e. The molecule has 0 heterocycles. The van der Waals surface area contributed by atoms with E-state index in [-0.39, 0.29) is 11.8 Å². The van der Waals surface area contributed by atoms with Crippen molar-refractivity contribution in [3.05, 3.63) is 29.8 Å². The van der Waals surface area contributed by atoms with E-state index in [9.17, 15) is 9.59 Å². The van der Waals surface area contributed by atoms with Gasteiger partial charge in [-0.15, -0.1) is 0 Å². The SMILES string of the molecule is CCNC(=O)C(C)NC(=O)C1(c2ccc(N)cc2)CC1. The van der Waals surface area contributed by atoms with Crippen molar-refractivity contribution >= 4 is 17.5 Å². The van der Waals surface area contributed by atoms with Crippen molar-refractivity contribution < 1.29 is 9.59 Å². The molecule has 0 spiro atoms. The maximum atomic E-state index is 12.4. The van der Waals surface area contributed by atoms with E-state index in [0.717, 1.165) is 18.4 Å². The fraction of sp³-hybridized carbons (Fsp3) is 0.467. The Balaban J connectivity index is 2.05. The number of anilines is 1. The van der Waals surface area contributed by atoms with E-state index < -0.39 is 11.5 Å². The molecule has 108 valence electrons. The second kappa shape index (κ2) is 5.53. The zero-order chi connectivity index (χ0) is 14.8. The lowest BCUT2D eigenvalue weighted by atomic mass is 9.94. The molecule has 1 aliphatic rings. The van der Waals surface area contributed by atoms with Crippen molar-refractivity contribution in [2.75, 3.05) is 12.3 Å². The van der Waals surface area contributed by atoms with Gasteiger partial charge in [-0.3, -0.25) is 9.59 Å². The summed E-state index contributed by atoms with van der Waals surface area (Å²) in [5.74, 6) is -0.241. The standard InChI is InChI=1S/C15H21N3O2/c1-3-17-13(19)10(2)18-14(20)15(8-9-15)11-4-6-12(16)7-5-11/h4-7,10H,3,8-9,16H2,1-2H3,(H,17,19)(H,18,20). The molecule has 1 saturated carbocycles. The smallest absolute Gasteiger partial charge is 0.242 e. The lowest BCUT2D eigenvalue weighted by Gasteiger charge is -2.19. The van der Waals surface area contributed by atoms with Gasteiger partial charge in [-0.2, -0.15) is 0 Å². The number of rotatable bonds is 5. The molecule has 1 aliphatic carbocycles. The summed E-state index contributed by atoms with van der Waals surface area (Å²) in [4.78, 5) is 24.1. The van der Waals surface area contributed by atoms with Crippen LogP contribution in [-0.2, 0) is 15.0 Å². The molecule has 2 amide bonds. The number of carbonyl (C=O) groups excluding carboxylic acids is 2. The summed E-state index contributed by atoms with van der Waals surface area (Å²) in [6.45, 7) is 4.10. The molecule has 1 unspecified atom stereocenters. The Morgan fingerprint density at radius 2 is 1.90 bits per heavy atom. The Kier molecular flexibility index (Phi) is 3.97. The largest absolute Gasteiger partial charge is 0.399 e. The Labute approximate surface area is 118 Å². The molecule has 2 rings (SSSR count). The predicted molar refractivity (Wildman–Crippen MR) is 78.1 cm³/mol. The molecule has 5 heteroatoms. The third kappa shape index (κ3) is 2.76. The highest BCUT2D eigenvalue weighted by atomic mass is 16.2. The van der Waals surface area contributed by atoms with Crippen molar-refractivity contribution in [3.8, 4) is 0 Å². The van der Waals surface area contributed by atoms with Gasteiger partial charge in [-0.1, -0.05) is 12.1 Å². The van der Waals surface area contributed by atoms with Gasteiger partial charge in [0.2, 0.25) is 11.8 Å². The van der Waals surface area contributed by atoms with Gasteiger partial charge in [0.15, 0.2) is 0 Å². The van der Waals surface area contributed by atoms with Crippen LogP contribution in [-0.4, -0.2) is 24.4 Å². The zero-order valence-electron chi connectivity index (χ0n) is 11.9. The number of likely N-dealkylation sites (N-methyl/N-ethyl adjacent to an activating group) is 1. The topological polar surface area (TPSA) is 84.2 Å². The Morgan fingerprint density at radius 1 is 1.30 bits per heavy atom. The first kappa shape index (κ1) is 14.4. The summed E-state index contributed by atoms with van der Waals surface area (Å²) in [6.07, 6.45) is 1.62. The molecule has 1 fully saturated rings. The van der Waals surface area contributed by atoms with E-state index in [0.29, 0.717) is 12.2 Å². The lowest BCUT2D eigenvalue weighted by Crippen LogP contribution is -2.48. The molecule has 4 N–H and O–H groups in total. The molecule has 20 heavy (non-hydrogen) atoms. The number of nitrogens with two attached hydrogens (primary N) is 1. The van der Waals surface area contributed by atoms with Crippen molar-refractivity contribution in [2.24, 2.45) is 0 Å². The van der Waals surface area contributed by atoms with Crippen molar-refractivity contribution in [3.63, 3.8) is 0 Å². The molecule has 0 aromatic heterocycles. The molecular weight excluding hydrogens is 254 g/mol. The van der Waals surface area contributed by atoms with Crippen LogP contribution < -0.4 is 16.4 Å². The van der Waals surface area contributed by atoms with Crippen LogP contribution in [0.3, 0.4) is 0 Å². The van der Waals surface area contributed by atoms with Crippen LogP contribution in [0.4, 0.5) is 5.69 Å². The number of hydrogen-bond acceptors (Lipinski definition) is 3. The summed E-state index contributed by atoms with van der Waals surface area (Å²) in [5.41, 5.74) is 6.84. The second-order valence-electron chi connectivity index (χ2n) is 5.29. The maximum absolute atomic E-state index is 12.4. The van der Waals surface area contributed by atoms with Gasteiger partial charge in [-0.05, 0) is 44.4 Å². The normalized spacial score (nSPS) is 17.1. The van der Waals surface area contributed by atoms with Gasteiger partial charge >= 0.3 is 0 Å². The van der Waals surface area contributed by atoms with Gasteiger partial charge in [-0.25, -0.2) is 0 Å². The molecule has 0 bridgehead atoms. The number of amides is 2. The summed E-state index contributed by atoms with van der Waals surface area (Å²) in [7, 11) is 0. The average Bonchev–Trinajstić information content (AvgIpc) is 3.21. The summed E-state index contributed by atoms with van der Waals surface area (Å²) in [6, 6.07) is 6.86. The van der Waals surface area contributed by atoms with Gasteiger partial charge in [0, 0.05) is 12.2 Å².